The summed E-state index contributed by atoms with van der Waals surface area (Å²) < 4.78 is 2.24. The molecule has 0 aliphatic rings. The third kappa shape index (κ3) is 3.41. The Morgan fingerprint density at radius 1 is 0.864 bits per heavy atom. The van der Waals surface area contributed by atoms with E-state index in [1.165, 1.54) is 15.8 Å². The maximum absolute atomic E-state index is 7.42. The molecule has 0 aromatic heterocycles. The molecule has 4 heteroatoms. The van der Waals surface area contributed by atoms with Crippen LogP contribution >= 0.6 is 17.6 Å². The molecule has 2 aromatic carbocycles. The summed E-state index contributed by atoms with van der Waals surface area (Å²) in [4.78, 5) is 1.46. The molecule has 0 radical (unpaired) electrons. The first-order chi connectivity index (χ1) is 10.3. The molecule has 0 bridgehead atoms. The quantitative estimate of drug-likeness (QED) is 0.551. The number of hydrogen-bond acceptors (Lipinski definition) is 1. The molecule has 2 rings (SSSR count). The zero-order valence-electron chi connectivity index (χ0n) is 14.0. The van der Waals surface area contributed by atoms with E-state index < -0.39 is 14.5 Å². The highest BCUT2D eigenvalue weighted by molar-refractivity contribution is 8.05. The Morgan fingerprint density at radius 3 is 1.73 bits per heavy atom. The molecular weight excluding hydrogens is 325 g/mol. The number of rotatable bonds is 4. The van der Waals surface area contributed by atoms with Crippen LogP contribution in [0.3, 0.4) is 0 Å². The molecule has 0 spiro atoms. The molecule has 0 saturated heterocycles. The Bertz CT molecular complexity index is 675. The summed E-state index contributed by atoms with van der Waals surface area (Å²) in [5.41, 5.74) is 1.29. The monoisotopic (exact) mass is 349 g/mol. The first kappa shape index (κ1) is 17.6. The first-order valence-electron chi connectivity index (χ1n) is 7.53. The van der Waals surface area contributed by atoms with E-state index in [9.17, 15) is 0 Å². The molecule has 0 fully saturated rings. The third-order valence-corrected chi connectivity index (χ3v) is 13.8. The fraction of sp³-hybridized carbons (Fsp3) is 0.278. The van der Waals surface area contributed by atoms with Gasteiger partial charge in [0.05, 0.1) is 14.5 Å². The van der Waals surface area contributed by atoms with Crippen molar-refractivity contribution in [2.24, 2.45) is 0 Å². The fourth-order valence-electron chi connectivity index (χ4n) is 2.83. The lowest BCUT2D eigenvalue weighted by molar-refractivity contribution is 0.690. The second-order valence-electron chi connectivity index (χ2n) is 6.70. The summed E-state index contributed by atoms with van der Waals surface area (Å²) in [5.74, 6) is 0. The fourth-order valence-corrected chi connectivity index (χ4v) is 13.5. The molecule has 1 unspecified atom stereocenters. The second kappa shape index (κ2) is 6.76. The Kier molecular flexibility index (Phi) is 5.40. The van der Waals surface area contributed by atoms with Crippen LogP contribution in [0.4, 0.5) is 0 Å². The van der Waals surface area contributed by atoms with Gasteiger partial charge in [0.15, 0.2) is 0 Å². The molecule has 1 nitrogen and oxygen atoms in total. The Hall–Kier alpha value is -0.793. The summed E-state index contributed by atoms with van der Waals surface area (Å²) >= 11 is 7.42. The van der Waals surface area contributed by atoms with Gasteiger partial charge in [-0.05, 0) is 24.6 Å². The van der Waals surface area contributed by atoms with Crippen LogP contribution in [0, 0.1) is 0 Å². The minimum Gasteiger partial charge on any atom is -0.274 e. The molecular formula is C18H25ClNPSi. The van der Waals surface area contributed by atoms with E-state index in [0.29, 0.717) is 0 Å². The van der Waals surface area contributed by atoms with Gasteiger partial charge in [0.25, 0.3) is 0 Å². The summed E-state index contributed by atoms with van der Waals surface area (Å²) in [6.45, 7) is 7.16. The van der Waals surface area contributed by atoms with E-state index in [0.717, 1.165) is 0 Å². The van der Waals surface area contributed by atoms with Gasteiger partial charge in [-0.25, -0.2) is 0 Å². The van der Waals surface area contributed by atoms with Gasteiger partial charge in [-0.3, -0.25) is 4.67 Å². The minimum atomic E-state index is -2.06. The SMILES string of the molecule is CN(C)P(Cl)(=C(c1ccccc1)[Si](C)(C)C)c1ccccc1. The van der Waals surface area contributed by atoms with Crippen molar-refractivity contribution < 1.29 is 0 Å². The van der Waals surface area contributed by atoms with Gasteiger partial charge in [-0.15, -0.1) is 0 Å². The van der Waals surface area contributed by atoms with Crippen LogP contribution in [0.5, 0.6) is 0 Å². The van der Waals surface area contributed by atoms with Gasteiger partial charge in [0.2, 0.25) is 0 Å². The first-order valence-corrected chi connectivity index (χ1v) is 13.7. The van der Waals surface area contributed by atoms with E-state index in [2.05, 4.69) is 99.1 Å². The number of nitrogens with zero attached hydrogens (tertiary/aromatic N) is 1. The molecule has 0 amide bonds. The lowest BCUT2D eigenvalue weighted by Crippen LogP contribution is -2.38. The molecule has 0 saturated carbocycles. The van der Waals surface area contributed by atoms with Crippen molar-refractivity contribution in [3.8, 4) is 0 Å². The van der Waals surface area contributed by atoms with Gasteiger partial charge in [0.1, 0.15) is 0 Å². The maximum Gasteiger partial charge on any atom is 0.0820 e. The Labute approximate surface area is 140 Å². The standard InChI is InChI=1S/C18H25ClNPSi/c1-20(2)21(19,17-14-10-7-11-15-17)18(22(3,4)5)16-12-8-6-9-13-16/h6-15H,1-5H3. The number of hydrogen-bond donors (Lipinski definition) is 0. The second-order valence-corrected chi connectivity index (χ2v) is 16.5. The van der Waals surface area contributed by atoms with E-state index in [-0.39, 0.29) is 0 Å². The predicted molar refractivity (Wildman–Crippen MR) is 106 cm³/mol. The minimum absolute atomic E-state index is 1.24. The molecule has 2 aromatic rings. The smallest absolute Gasteiger partial charge is 0.0820 e. The van der Waals surface area contributed by atoms with Gasteiger partial charge in [0, 0.05) is 5.30 Å². The van der Waals surface area contributed by atoms with Crippen molar-refractivity contribution in [1.82, 2.24) is 4.67 Å². The van der Waals surface area contributed by atoms with Crippen LogP contribution < -0.4 is 5.30 Å². The normalized spacial score (nSPS) is 14.7. The molecule has 22 heavy (non-hydrogen) atoms. The highest BCUT2D eigenvalue weighted by atomic mass is 35.7. The highest BCUT2D eigenvalue weighted by Gasteiger charge is 2.34. The van der Waals surface area contributed by atoms with Crippen LogP contribution in [0.25, 0.3) is 0 Å². The largest absolute Gasteiger partial charge is 0.274 e. The van der Waals surface area contributed by atoms with Crippen molar-refractivity contribution in [2.75, 3.05) is 14.1 Å². The maximum atomic E-state index is 7.42. The van der Waals surface area contributed by atoms with Crippen LogP contribution in [0.1, 0.15) is 5.56 Å². The van der Waals surface area contributed by atoms with Gasteiger partial charge in [-0.2, -0.15) is 0 Å². The summed E-state index contributed by atoms with van der Waals surface area (Å²) in [5, 5.41) is 1.24. The van der Waals surface area contributed by atoms with Gasteiger partial charge in [-0.1, -0.05) is 91.5 Å². The van der Waals surface area contributed by atoms with Crippen molar-refractivity contribution in [2.45, 2.75) is 19.6 Å². The molecule has 1 atom stereocenters. The highest BCUT2D eigenvalue weighted by Crippen LogP contribution is 2.57. The van der Waals surface area contributed by atoms with E-state index in [1.807, 2.05) is 0 Å². The lowest BCUT2D eigenvalue weighted by Gasteiger charge is -2.36. The third-order valence-electron chi connectivity index (χ3n) is 3.70. The Morgan fingerprint density at radius 2 is 1.32 bits per heavy atom. The molecule has 0 N–H and O–H groups in total. The number of halogens is 1. The molecule has 0 aliphatic carbocycles. The van der Waals surface area contributed by atoms with Crippen LogP contribution in [0.2, 0.25) is 19.6 Å². The molecule has 118 valence electrons. The summed E-state index contributed by atoms with van der Waals surface area (Å²) in [7, 11) is 2.60. The average molecular weight is 350 g/mol. The van der Waals surface area contributed by atoms with Crippen LogP contribution in [-0.4, -0.2) is 31.8 Å². The summed E-state index contributed by atoms with van der Waals surface area (Å²) in [6, 6.07) is 21.3. The van der Waals surface area contributed by atoms with E-state index in [1.54, 1.807) is 0 Å². The number of benzene rings is 2. The lowest BCUT2D eigenvalue weighted by atomic mass is 10.2. The van der Waals surface area contributed by atoms with Gasteiger partial charge < -0.3 is 0 Å². The molecule has 0 aliphatic heterocycles. The molecule has 0 heterocycles. The van der Waals surface area contributed by atoms with Crippen molar-refractivity contribution in [1.29, 1.82) is 0 Å². The van der Waals surface area contributed by atoms with E-state index >= 15 is 0 Å². The van der Waals surface area contributed by atoms with Crippen LogP contribution in [-0.2, 0) is 0 Å². The Balaban J connectivity index is 2.91. The van der Waals surface area contributed by atoms with Crippen molar-refractivity contribution in [3.05, 3.63) is 66.2 Å². The van der Waals surface area contributed by atoms with Crippen molar-refractivity contribution in [3.63, 3.8) is 0 Å². The van der Waals surface area contributed by atoms with E-state index in [4.69, 9.17) is 11.2 Å². The zero-order chi connectivity index (χ0) is 16.4. The topological polar surface area (TPSA) is 3.24 Å². The van der Waals surface area contributed by atoms with Crippen LogP contribution in [0.15, 0.2) is 60.7 Å². The predicted octanol–water partition coefficient (Wildman–Crippen LogP) is 5.06. The van der Waals surface area contributed by atoms with Crippen molar-refractivity contribution >= 4 is 35.9 Å². The summed E-state index contributed by atoms with van der Waals surface area (Å²) in [6.07, 6.45) is -2.06. The van der Waals surface area contributed by atoms with Gasteiger partial charge >= 0.3 is 0 Å². The average Bonchev–Trinajstić information content (AvgIpc) is 2.47. The zero-order valence-corrected chi connectivity index (χ0v) is 16.7.